The molecule has 17 heavy (non-hydrogen) atoms. The van der Waals surface area contributed by atoms with Gasteiger partial charge in [0.25, 0.3) is 0 Å². The molecule has 3 heteroatoms. The minimum Gasteiger partial charge on any atom is -0.377 e. The first-order valence-electron chi connectivity index (χ1n) is 6.06. The van der Waals surface area contributed by atoms with E-state index in [1.807, 2.05) is 18.2 Å². The smallest absolute Gasteiger partial charge is 0.0716 e. The standard InChI is InChI=1S/C14H23NO.ClH/c1-12(2)15-13(3)9-10-16-11-14-7-5-4-6-8-14;/h4-8,12-13,15H,9-11H2,1-3H3;1H. The monoisotopic (exact) mass is 257 g/mol. The third-order valence-corrected chi connectivity index (χ3v) is 2.42. The average molecular weight is 258 g/mol. The molecule has 1 unspecified atom stereocenters. The van der Waals surface area contributed by atoms with Gasteiger partial charge in [-0.25, -0.2) is 0 Å². The highest BCUT2D eigenvalue weighted by molar-refractivity contribution is 5.85. The first-order chi connectivity index (χ1) is 7.68. The van der Waals surface area contributed by atoms with Gasteiger partial charge in [0, 0.05) is 18.7 Å². The van der Waals surface area contributed by atoms with Crippen molar-refractivity contribution >= 4 is 12.4 Å². The van der Waals surface area contributed by atoms with Crippen molar-refractivity contribution in [3.8, 4) is 0 Å². The van der Waals surface area contributed by atoms with Crippen molar-refractivity contribution in [1.82, 2.24) is 5.32 Å². The maximum Gasteiger partial charge on any atom is 0.0716 e. The van der Waals surface area contributed by atoms with E-state index in [9.17, 15) is 0 Å². The summed E-state index contributed by atoms with van der Waals surface area (Å²) in [6, 6.07) is 11.4. The Morgan fingerprint density at radius 3 is 2.35 bits per heavy atom. The summed E-state index contributed by atoms with van der Waals surface area (Å²) in [6.45, 7) is 8.07. The van der Waals surface area contributed by atoms with Crippen LogP contribution in [-0.2, 0) is 11.3 Å². The van der Waals surface area contributed by atoms with E-state index in [0.717, 1.165) is 19.6 Å². The molecule has 0 aromatic heterocycles. The third kappa shape index (κ3) is 8.19. The molecule has 0 saturated carbocycles. The van der Waals surface area contributed by atoms with Crippen LogP contribution in [0.25, 0.3) is 0 Å². The van der Waals surface area contributed by atoms with Crippen molar-refractivity contribution in [2.45, 2.75) is 45.9 Å². The maximum atomic E-state index is 5.63. The van der Waals surface area contributed by atoms with E-state index in [1.54, 1.807) is 0 Å². The molecule has 0 aliphatic rings. The van der Waals surface area contributed by atoms with Gasteiger partial charge in [0.1, 0.15) is 0 Å². The van der Waals surface area contributed by atoms with E-state index in [4.69, 9.17) is 4.74 Å². The van der Waals surface area contributed by atoms with Gasteiger partial charge in [-0.2, -0.15) is 0 Å². The van der Waals surface area contributed by atoms with Crippen LogP contribution in [0.4, 0.5) is 0 Å². The summed E-state index contributed by atoms with van der Waals surface area (Å²) in [5.74, 6) is 0. The Morgan fingerprint density at radius 1 is 1.12 bits per heavy atom. The molecule has 0 saturated heterocycles. The van der Waals surface area contributed by atoms with Gasteiger partial charge >= 0.3 is 0 Å². The second-order valence-electron chi connectivity index (χ2n) is 4.55. The molecule has 1 aromatic rings. The summed E-state index contributed by atoms with van der Waals surface area (Å²) in [4.78, 5) is 0. The number of hydrogen-bond donors (Lipinski definition) is 1. The van der Waals surface area contributed by atoms with Crippen LogP contribution >= 0.6 is 12.4 Å². The third-order valence-electron chi connectivity index (χ3n) is 2.42. The SMILES string of the molecule is CC(C)NC(C)CCOCc1ccccc1.Cl. The Kier molecular flexibility index (Phi) is 9.14. The first kappa shape index (κ1) is 16.4. The number of hydrogen-bond acceptors (Lipinski definition) is 2. The van der Waals surface area contributed by atoms with Crippen molar-refractivity contribution in [2.75, 3.05) is 6.61 Å². The van der Waals surface area contributed by atoms with Crippen LogP contribution in [0.2, 0.25) is 0 Å². The second kappa shape index (κ2) is 9.46. The second-order valence-corrected chi connectivity index (χ2v) is 4.55. The summed E-state index contributed by atoms with van der Waals surface area (Å²) in [7, 11) is 0. The molecule has 0 heterocycles. The van der Waals surface area contributed by atoms with Crippen molar-refractivity contribution in [3.05, 3.63) is 35.9 Å². The fraction of sp³-hybridized carbons (Fsp3) is 0.571. The van der Waals surface area contributed by atoms with Crippen LogP contribution in [0.5, 0.6) is 0 Å². The summed E-state index contributed by atoms with van der Waals surface area (Å²) in [6.07, 6.45) is 1.06. The lowest BCUT2D eigenvalue weighted by atomic mass is 10.2. The minimum absolute atomic E-state index is 0. The van der Waals surface area contributed by atoms with E-state index in [0.29, 0.717) is 12.1 Å². The number of halogens is 1. The van der Waals surface area contributed by atoms with E-state index in [-0.39, 0.29) is 12.4 Å². The molecule has 1 aromatic carbocycles. The van der Waals surface area contributed by atoms with Gasteiger partial charge in [-0.3, -0.25) is 0 Å². The first-order valence-corrected chi connectivity index (χ1v) is 6.06. The zero-order chi connectivity index (χ0) is 11.8. The van der Waals surface area contributed by atoms with Gasteiger partial charge < -0.3 is 10.1 Å². The molecule has 0 fully saturated rings. The quantitative estimate of drug-likeness (QED) is 0.756. The molecule has 0 aliphatic carbocycles. The topological polar surface area (TPSA) is 21.3 Å². The van der Waals surface area contributed by atoms with E-state index in [2.05, 4.69) is 38.2 Å². The van der Waals surface area contributed by atoms with Crippen LogP contribution in [0.1, 0.15) is 32.8 Å². The molecule has 98 valence electrons. The molecular formula is C14H24ClNO. The summed E-state index contributed by atoms with van der Waals surface area (Å²) in [5, 5.41) is 3.46. The molecule has 2 nitrogen and oxygen atoms in total. The van der Waals surface area contributed by atoms with E-state index >= 15 is 0 Å². The fourth-order valence-electron chi connectivity index (χ4n) is 1.68. The highest BCUT2D eigenvalue weighted by Crippen LogP contribution is 2.01. The Balaban J connectivity index is 0.00000256. The molecule has 1 N–H and O–H groups in total. The Morgan fingerprint density at radius 2 is 1.76 bits per heavy atom. The molecule has 1 rings (SSSR count). The van der Waals surface area contributed by atoms with Gasteiger partial charge in [-0.15, -0.1) is 12.4 Å². The number of benzene rings is 1. The van der Waals surface area contributed by atoms with Crippen LogP contribution in [0.3, 0.4) is 0 Å². The Labute approximate surface area is 111 Å². The van der Waals surface area contributed by atoms with Crippen LogP contribution in [0.15, 0.2) is 30.3 Å². The van der Waals surface area contributed by atoms with Crippen LogP contribution in [-0.4, -0.2) is 18.7 Å². The predicted octanol–water partition coefficient (Wildman–Crippen LogP) is 3.40. The molecule has 1 atom stereocenters. The molecule has 0 aliphatic heterocycles. The normalized spacial score (nSPS) is 12.2. The van der Waals surface area contributed by atoms with E-state index in [1.165, 1.54) is 5.56 Å². The lowest BCUT2D eigenvalue weighted by molar-refractivity contribution is 0.112. The van der Waals surface area contributed by atoms with Crippen molar-refractivity contribution in [3.63, 3.8) is 0 Å². The Hall–Kier alpha value is -0.570. The van der Waals surface area contributed by atoms with Crippen LogP contribution in [0, 0.1) is 0 Å². The predicted molar refractivity (Wildman–Crippen MR) is 75.7 cm³/mol. The summed E-state index contributed by atoms with van der Waals surface area (Å²) in [5.41, 5.74) is 1.24. The van der Waals surface area contributed by atoms with Gasteiger partial charge in [0.15, 0.2) is 0 Å². The fourth-order valence-corrected chi connectivity index (χ4v) is 1.68. The summed E-state index contributed by atoms with van der Waals surface area (Å²) >= 11 is 0. The van der Waals surface area contributed by atoms with E-state index < -0.39 is 0 Å². The van der Waals surface area contributed by atoms with Crippen molar-refractivity contribution < 1.29 is 4.74 Å². The molecule has 0 spiro atoms. The van der Waals surface area contributed by atoms with Gasteiger partial charge in [0.05, 0.1) is 6.61 Å². The largest absolute Gasteiger partial charge is 0.377 e. The number of ether oxygens (including phenoxy) is 1. The van der Waals surface area contributed by atoms with Gasteiger partial charge in [-0.05, 0) is 18.9 Å². The van der Waals surface area contributed by atoms with Gasteiger partial charge in [-0.1, -0.05) is 44.2 Å². The average Bonchev–Trinajstić information content (AvgIpc) is 2.25. The van der Waals surface area contributed by atoms with Gasteiger partial charge in [0.2, 0.25) is 0 Å². The van der Waals surface area contributed by atoms with Crippen LogP contribution < -0.4 is 5.32 Å². The maximum absolute atomic E-state index is 5.63. The summed E-state index contributed by atoms with van der Waals surface area (Å²) < 4.78 is 5.63. The molecule has 0 radical (unpaired) electrons. The molecule has 0 bridgehead atoms. The number of nitrogens with one attached hydrogen (secondary N) is 1. The molecular weight excluding hydrogens is 234 g/mol. The minimum atomic E-state index is 0. The highest BCUT2D eigenvalue weighted by atomic mass is 35.5. The zero-order valence-corrected chi connectivity index (χ0v) is 11.8. The highest BCUT2D eigenvalue weighted by Gasteiger charge is 2.02. The number of rotatable bonds is 7. The zero-order valence-electron chi connectivity index (χ0n) is 11.0. The van der Waals surface area contributed by atoms with Crippen molar-refractivity contribution in [1.29, 1.82) is 0 Å². The Bertz CT molecular complexity index is 277. The lowest BCUT2D eigenvalue weighted by Crippen LogP contribution is -2.33. The van der Waals surface area contributed by atoms with Crippen molar-refractivity contribution in [2.24, 2.45) is 0 Å². The molecule has 0 amide bonds. The lowest BCUT2D eigenvalue weighted by Gasteiger charge is -2.16.